The molecule has 1 aromatic carbocycles. The lowest BCUT2D eigenvalue weighted by Crippen LogP contribution is -2.30. The Hall–Kier alpha value is -1.97. The van der Waals surface area contributed by atoms with E-state index < -0.39 is 16.0 Å². The normalized spacial score (nSPS) is 11.4. The number of nitrogens with one attached hydrogen (secondary N) is 2. The number of esters is 1. The van der Waals surface area contributed by atoms with Crippen molar-refractivity contribution in [1.29, 1.82) is 0 Å². The van der Waals surface area contributed by atoms with Gasteiger partial charge in [-0.25, -0.2) is 17.9 Å². The van der Waals surface area contributed by atoms with Gasteiger partial charge in [0.15, 0.2) is 6.61 Å². The van der Waals surface area contributed by atoms with Gasteiger partial charge in [0.1, 0.15) is 0 Å². The second-order valence-electron chi connectivity index (χ2n) is 6.31. The highest BCUT2D eigenvalue weighted by Crippen LogP contribution is 2.06. The van der Waals surface area contributed by atoms with Crippen molar-refractivity contribution in [2.24, 2.45) is 0 Å². The fraction of sp³-hybridized carbons (Fsp3) is 0.556. The van der Waals surface area contributed by atoms with Gasteiger partial charge in [0.25, 0.3) is 5.91 Å². The van der Waals surface area contributed by atoms with Crippen LogP contribution in [-0.4, -0.2) is 59.0 Å². The van der Waals surface area contributed by atoms with Crippen LogP contribution in [0.25, 0.3) is 0 Å². The molecule has 8 nitrogen and oxygen atoms in total. The number of amides is 1. The van der Waals surface area contributed by atoms with Crippen molar-refractivity contribution in [3.63, 3.8) is 0 Å². The Balaban J connectivity index is 2.28. The fourth-order valence-corrected chi connectivity index (χ4v) is 2.55. The molecule has 1 rings (SSSR count). The van der Waals surface area contributed by atoms with Crippen LogP contribution in [0.4, 0.5) is 0 Å². The average molecular weight is 400 g/mol. The highest BCUT2D eigenvalue weighted by atomic mass is 32.2. The predicted octanol–water partition coefficient (Wildman–Crippen LogP) is 0.866. The molecule has 0 unspecified atom stereocenters. The van der Waals surface area contributed by atoms with E-state index in [-0.39, 0.29) is 25.2 Å². The first kappa shape index (κ1) is 23.1. The fourth-order valence-electron chi connectivity index (χ4n) is 2.07. The van der Waals surface area contributed by atoms with Crippen LogP contribution in [0.1, 0.15) is 36.2 Å². The molecule has 0 atom stereocenters. The Morgan fingerprint density at radius 1 is 1.11 bits per heavy atom. The first-order valence-electron chi connectivity index (χ1n) is 8.76. The summed E-state index contributed by atoms with van der Waals surface area (Å²) in [5, 5.41) is 2.66. The van der Waals surface area contributed by atoms with Crippen molar-refractivity contribution in [2.75, 3.05) is 32.6 Å². The zero-order valence-electron chi connectivity index (χ0n) is 16.0. The molecule has 1 aromatic rings. The standard InChI is InChI=1S/C18H28N2O6S/c1-14(2)25-12-4-10-19-17(21)13-26-18(22)16-7-5-15(6-8-16)9-11-20-27(3,23)24/h5-8,14,20H,4,9-13H2,1-3H3,(H,19,21). The number of hydrogen-bond acceptors (Lipinski definition) is 6. The maximum absolute atomic E-state index is 11.9. The molecule has 0 radical (unpaired) electrons. The molecule has 152 valence electrons. The number of hydrogen-bond donors (Lipinski definition) is 2. The molecule has 0 aliphatic carbocycles. The molecule has 0 bridgehead atoms. The molecular weight excluding hydrogens is 372 g/mol. The molecule has 0 aromatic heterocycles. The van der Waals surface area contributed by atoms with Crippen LogP contribution in [0.2, 0.25) is 0 Å². The van der Waals surface area contributed by atoms with E-state index in [0.29, 0.717) is 31.6 Å². The molecule has 0 aliphatic rings. The molecule has 0 saturated carbocycles. The van der Waals surface area contributed by atoms with Gasteiger partial charge in [0, 0.05) is 19.7 Å². The van der Waals surface area contributed by atoms with Crippen LogP contribution < -0.4 is 10.0 Å². The lowest BCUT2D eigenvalue weighted by Gasteiger charge is -2.09. The highest BCUT2D eigenvalue weighted by molar-refractivity contribution is 7.88. The summed E-state index contributed by atoms with van der Waals surface area (Å²) in [6.07, 6.45) is 2.45. The maximum atomic E-state index is 11.9. The molecule has 0 saturated heterocycles. The van der Waals surface area contributed by atoms with E-state index in [1.165, 1.54) is 0 Å². The molecular formula is C18H28N2O6S. The van der Waals surface area contributed by atoms with Crippen LogP contribution in [0, 0.1) is 0 Å². The van der Waals surface area contributed by atoms with Crippen LogP contribution in [0.5, 0.6) is 0 Å². The van der Waals surface area contributed by atoms with Crippen LogP contribution in [-0.2, 0) is 30.7 Å². The van der Waals surface area contributed by atoms with Gasteiger partial charge in [0.2, 0.25) is 10.0 Å². The van der Waals surface area contributed by atoms with E-state index in [9.17, 15) is 18.0 Å². The molecule has 27 heavy (non-hydrogen) atoms. The summed E-state index contributed by atoms with van der Waals surface area (Å²) >= 11 is 0. The van der Waals surface area contributed by atoms with Gasteiger partial charge in [-0.15, -0.1) is 0 Å². The van der Waals surface area contributed by atoms with Crippen molar-refractivity contribution in [3.05, 3.63) is 35.4 Å². The van der Waals surface area contributed by atoms with Gasteiger partial charge in [-0.1, -0.05) is 12.1 Å². The molecule has 0 aliphatic heterocycles. The third-order valence-corrected chi connectivity index (χ3v) is 4.12. The first-order chi connectivity index (χ1) is 12.7. The minimum absolute atomic E-state index is 0.156. The Morgan fingerprint density at radius 3 is 2.37 bits per heavy atom. The smallest absolute Gasteiger partial charge is 0.338 e. The predicted molar refractivity (Wildman–Crippen MR) is 102 cm³/mol. The van der Waals surface area contributed by atoms with Gasteiger partial charge >= 0.3 is 5.97 Å². The zero-order valence-corrected chi connectivity index (χ0v) is 16.8. The van der Waals surface area contributed by atoms with E-state index in [1.54, 1.807) is 24.3 Å². The van der Waals surface area contributed by atoms with Crippen molar-refractivity contribution in [3.8, 4) is 0 Å². The lowest BCUT2D eigenvalue weighted by molar-refractivity contribution is -0.124. The summed E-state index contributed by atoms with van der Waals surface area (Å²) in [7, 11) is -3.21. The van der Waals surface area contributed by atoms with Gasteiger partial charge < -0.3 is 14.8 Å². The number of carbonyl (C=O) groups excluding carboxylic acids is 2. The first-order valence-corrected chi connectivity index (χ1v) is 10.7. The minimum Gasteiger partial charge on any atom is -0.452 e. The Morgan fingerprint density at radius 2 is 1.78 bits per heavy atom. The molecule has 0 fully saturated rings. The van der Waals surface area contributed by atoms with Crippen LogP contribution in [0.15, 0.2) is 24.3 Å². The van der Waals surface area contributed by atoms with Crippen molar-refractivity contribution < 1.29 is 27.5 Å². The van der Waals surface area contributed by atoms with Crippen molar-refractivity contribution >= 4 is 21.9 Å². The largest absolute Gasteiger partial charge is 0.452 e. The third kappa shape index (κ3) is 11.4. The Labute approximate surface area is 160 Å². The van der Waals surface area contributed by atoms with Gasteiger partial charge in [0.05, 0.1) is 17.9 Å². The molecule has 1 amide bonds. The monoisotopic (exact) mass is 400 g/mol. The van der Waals surface area contributed by atoms with E-state index in [1.807, 2.05) is 13.8 Å². The number of sulfonamides is 1. The minimum atomic E-state index is -3.21. The maximum Gasteiger partial charge on any atom is 0.338 e. The van der Waals surface area contributed by atoms with Gasteiger partial charge in [-0.05, 0) is 44.4 Å². The molecule has 0 heterocycles. The van der Waals surface area contributed by atoms with Gasteiger partial charge in [-0.3, -0.25) is 4.79 Å². The second-order valence-corrected chi connectivity index (χ2v) is 8.15. The second kappa shape index (κ2) is 11.7. The summed E-state index contributed by atoms with van der Waals surface area (Å²) < 4.78 is 34.7. The number of rotatable bonds is 12. The SMILES string of the molecule is CC(C)OCCCNC(=O)COC(=O)c1ccc(CCNS(C)(=O)=O)cc1. The summed E-state index contributed by atoms with van der Waals surface area (Å²) in [6.45, 7) is 4.84. The van der Waals surface area contributed by atoms with Crippen molar-refractivity contribution in [1.82, 2.24) is 10.0 Å². The molecule has 2 N–H and O–H groups in total. The summed E-state index contributed by atoms with van der Waals surface area (Å²) in [5.74, 6) is -0.953. The zero-order chi connectivity index (χ0) is 20.3. The summed E-state index contributed by atoms with van der Waals surface area (Å²) in [5.41, 5.74) is 1.21. The molecule has 9 heteroatoms. The van der Waals surface area contributed by atoms with Gasteiger partial charge in [-0.2, -0.15) is 0 Å². The quantitative estimate of drug-likeness (QED) is 0.398. The van der Waals surface area contributed by atoms with Crippen LogP contribution in [0.3, 0.4) is 0 Å². The Bertz CT molecular complexity index is 701. The van der Waals surface area contributed by atoms with E-state index >= 15 is 0 Å². The number of carbonyl (C=O) groups is 2. The number of benzene rings is 1. The Kier molecular flexibility index (Phi) is 9.98. The molecule has 0 spiro atoms. The average Bonchev–Trinajstić information content (AvgIpc) is 2.58. The number of ether oxygens (including phenoxy) is 2. The highest BCUT2D eigenvalue weighted by Gasteiger charge is 2.10. The van der Waals surface area contributed by atoms with Crippen LogP contribution >= 0.6 is 0 Å². The van der Waals surface area contributed by atoms with E-state index in [0.717, 1.165) is 11.8 Å². The lowest BCUT2D eigenvalue weighted by atomic mass is 10.1. The van der Waals surface area contributed by atoms with E-state index in [2.05, 4.69) is 10.0 Å². The van der Waals surface area contributed by atoms with E-state index in [4.69, 9.17) is 9.47 Å². The summed E-state index contributed by atoms with van der Waals surface area (Å²) in [6, 6.07) is 6.60. The topological polar surface area (TPSA) is 111 Å². The summed E-state index contributed by atoms with van der Waals surface area (Å²) in [4.78, 5) is 23.6. The van der Waals surface area contributed by atoms with Crippen molar-refractivity contribution in [2.45, 2.75) is 32.8 Å². The third-order valence-electron chi connectivity index (χ3n) is 3.40.